The maximum absolute atomic E-state index is 10.3. The third-order valence-electron chi connectivity index (χ3n) is 6.68. The van der Waals surface area contributed by atoms with Crippen LogP contribution < -0.4 is 18.9 Å². The Morgan fingerprint density at radius 3 is 2.27 bits per heavy atom. The van der Waals surface area contributed by atoms with Crippen molar-refractivity contribution in [1.29, 1.82) is 0 Å². The number of ketones is 1. The number of pyridine rings is 1. The average molecular weight is 559 g/mol. The monoisotopic (exact) mass is 558 g/mol. The minimum atomic E-state index is -1.58. The highest BCUT2D eigenvalue weighted by molar-refractivity contribution is 6.32. The Labute approximate surface area is 231 Å². The number of aliphatic hydroxyl groups excluding tert-OH is 1. The lowest BCUT2D eigenvalue weighted by atomic mass is 9.74. The molecule has 3 N–H and O–H groups in total. The fraction of sp³-hybridized carbons (Fsp3) is 0.464. The van der Waals surface area contributed by atoms with Gasteiger partial charge in [-0.3, -0.25) is 14.6 Å². The molecular weight excluding hydrogens is 524 g/mol. The number of fused-ring (bicyclic) bond motifs is 3. The summed E-state index contributed by atoms with van der Waals surface area (Å²) >= 11 is 0. The summed E-state index contributed by atoms with van der Waals surface area (Å²) in [6.07, 6.45) is 2.87. The highest BCUT2D eigenvalue weighted by Crippen LogP contribution is 2.45. The van der Waals surface area contributed by atoms with Crippen LogP contribution in [0.3, 0.4) is 0 Å². The van der Waals surface area contributed by atoms with Gasteiger partial charge in [-0.2, -0.15) is 0 Å². The number of aliphatic carboxylic acids is 2. The lowest BCUT2D eigenvalue weighted by Crippen LogP contribution is -2.34. The van der Waals surface area contributed by atoms with E-state index >= 15 is 0 Å². The van der Waals surface area contributed by atoms with Gasteiger partial charge >= 0.3 is 11.9 Å². The van der Waals surface area contributed by atoms with Gasteiger partial charge in [0.1, 0.15) is 0 Å². The number of aromatic nitrogens is 1. The van der Waals surface area contributed by atoms with E-state index in [0.717, 1.165) is 35.2 Å². The van der Waals surface area contributed by atoms with E-state index in [1.165, 1.54) is 0 Å². The van der Waals surface area contributed by atoms with Crippen LogP contribution in [-0.4, -0.2) is 83.8 Å². The standard InChI is InChI=1S/C23H28N2O5.C5H6O5/c1-5-30-20-10-15-16-9-14(26)6-7-18(16)25-22(17(15)11-19(20)27-2)13-8-21(28-3)23(29-4)24-12-13;6-3(5(9)10)1-2-4(7)8/h8,10-12,14,16,18,26H,5-7,9H2,1-4H3;1-2H2,(H,7,8)(H,9,10)/t14-,16-,18-;/m1./s1. The quantitative estimate of drug-likeness (QED) is 0.366. The fourth-order valence-electron chi connectivity index (χ4n) is 4.79. The molecule has 0 radical (unpaired) electrons. The molecule has 1 fully saturated rings. The topological polar surface area (TPSA) is 174 Å². The van der Waals surface area contributed by atoms with Gasteiger partial charge in [-0.25, -0.2) is 9.78 Å². The van der Waals surface area contributed by atoms with Crippen LogP contribution in [0.4, 0.5) is 0 Å². The van der Waals surface area contributed by atoms with Crippen LogP contribution in [0.25, 0.3) is 0 Å². The third-order valence-corrected chi connectivity index (χ3v) is 6.68. The molecule has 40 heavy (non-hydrogen) atoms. The summed E-state index contributed by atoms with van der Waals surface area (Å²) in [4.78, 5) is 39.2. The second kappa shape index (κ2) is 13.7. The molecule has 2 aromatic rings. The summed E-state index contributed by atoms with van der Waals surface area (Å²) in [5.41, 5.74) is 3.80. The van der Waals surface area contributed by atoms with Crippen molar-refractivity contribution in [2.24, 2.45) is 4.99 Å². The Hall–Kier alpha value is -4.19. The van der Waals surface area contributed by atoms with E-state index in [4.69, 9.17) is 34.2 Å². The summed E-state index contributed by atoms with van der Waals surface area (Å²) in [5.74, 6) is -1.32. The summed E-state index contributed by atoms with van der Waals surface area (Å²) in [6.45, 7) is 2.50. The molecule has 0 unspecified atom stereocenters. The molecule has 0 spiro atoms. The lowest BCUT2D eigenvalue weighted by molar-refractivity contribution is -0.149. The minimum Gasteiger partial charge on any atom is -0.493 e. The van der Waals surface area contributed by atoms with Crippen molar-refractivity contribution in [3.63, 3.8) is 0 Å². The van der Waals surface area contributed by atoms with E-state index in [9.17, 15) is 19.5 Å². The second-order valence-electron chi connectivity index (χ2n) is 9.20. The van der Waals surface area contributed by atoms with Crippen LogP contribution >= 0.6 is 0 Å². The number of carbonyl (C=O) groups excluding carboxylic acids is 1. The first-order chi connectivity index (χ1) is 19.1. The predicted octanol–water partition coefficient (Wildman–Crippen LogP) is 2.86. The number of aliphatic hydroxyl groups is 1. The van der Waals surface area contributed by atoms with E-state index in [0.29, 0.717) is 36.2 Å². The number of carboxylic acids is 2. The molecule has 4 rings (SSSR count). The normalized spacial score (nSPS) is 19.0. The summed E-state index contributed by atoms with van der Waals surface area (Å²) in [5, 5.41) is 26.3. The molecule has 2 aliphatic rings. The Bertz CT molecular complexity index is 1280. The summed E-state index contributed by atoms with van der Waals surface area (Å²) in [6, 6.07) is 6.03. The van der Waals surface area contributed by atoms with E-state index in [1.54, 1.807) is 27.5 Å². The van der Waals surface area contributed by atoms with Crippen LogP contribution in [0.2, 0.25) is 0 Å². The molecule has 12 heteroatoms. The molecule has 3 atom stereocenters. The Balaban J connectivity index is 0.000000378. The van der Waals surface area contributed by atoms with E-state index < -0.39 is 30.6 Å². The molecule has 0 bridgehead atoms. The lowest BCUT2D eigenvalue weighted by Gasteiger charge is -2.37. The predicted molar refractivity (Wildman–Crippen MR) is 143 cm³/mol. The Morgan fingerprint density at radius 1 is 0.950 bits per heavy atom. The number of methoxy groups -OCH3 is 3. The Kier molecular flexibility index (Phi) is 10.4. The third kappa shape index (κ3) is 7.06. The van der Waals surface area contributed by atoms with Crippen LogP contribution in [0.5, 0.6) is 23.1 Å². The van der Waals surface area contributed by atoms with Crippen LogP contribution in [-0.2, 0) is 14.4 Å². The molecule has 0 saturated heterocycles. The van der Waals surface area contributed by atoms with Gasteiger partial charge in [-0.1, -0.05) is 0 Å². The van der Waals surface area contributed by atoms with Crippen molar-refractivity contribution in [3.8, 4) is 23.1 Å². The van der Waals surface area contributed by atoms with Crippen molar-refractivity contribution in [1.82, 2.24) is 4.98 Å². The number of ether oxygens (including phenoxy) is 4. The van der Waals surface area contributed by atoms with Gasteiger partial charge in [-0.05, 0) is 49.9 Å². The SMILES string of the molecule is CCOc1cc2c(cc1OC)C(c1cnc(OC)c(OC)c1)=N[C@@H]1CC[C@@H](O)C[C@H]21.O=C(O)CCC(=O)C(=O)O. The number of carbonyl (C=O) groups is 3. The number of aliphatic imine (C=N–C) groups is 1. The minimum absolute atomic E-state index is 0.104. The zero-order chi connectivity index (χ0) is 29.4. The molecule has 0 amide bonds. The van der Waals surface area contributed by atoms with Crippen molar-refractivity contribution in [2.45, 2.75) is 57.1 Å². The molecule has 1 aliphatic heterocycles. The van der Waals surface area contributed by atoms with Crippen LogP contribution in [0.15, 0.2) is 29.4 Å². The highest BCUT2D eigenvalue weighted by Gasteiger charge is 2.37. The van der Waals surface area contributed by atoms with Crippen LogP contribution in [0.1, 0.15) is 61.6 Å². The van der Waals surface area contributed by atoms with Gasteiger partial charge in [0.05, 0.1) is 52.2 Å². The Morgan fingerprint density at radius 2 is 1.68 bits per heavy atom. The number of carboxylic acid groups (broad SMARTS) is 2. The second-order valence-corrected chi connectivity index (χ2v) is 9.20. The van der Waals surface area contributed by atoms with Gasteiger partial charge in [0.25, 0.3) is 5.88 Å². The van der Waals surface area contributed by atoms with Crippen molar-refractivity contribution >= 4 is 23.4 Å². The largest absolute Gasteiger partial charge is 0.493 e. The maximum Gasteiger partial charge on any atom is 0.372 e. The van der Waals surface area contributed by atoms with Gasteiger partial charge < -0.3 is 34.3 Å². The molecule has 1 aromatic heterocycles. The highest BCUT2D eigenvalue weighted by atomic mass is 16.5. The smallest absolute Gasteiger partial charge is 0.372 e. The number of hydrogen-bond donors (Lipinski definition) is 3. The molecule has 216 valence electrons. The van der Waals surface area contributed by atoms with Gasteiger partial charge in [0.15, 0.2) is 17.2 Å². The van der Waals surface area contributed by atoms with Crippen LogP contribution in [0, 0.1) is 0 Å². The number of benzene rings is 1. The van der Waals surface area contributed by atoms with Gasteiger partial charge in [-0.15, -0.1) is 0 Å². The zero-order valence-electron chi connectivity index (χ0n) is 22.9. The maximum atomic E-state index is 10.3. The molecular formula is C28H34N2O10. The van der Waals surface area contributed by atoms with E-state index in [2.05, 4.69) is 11.1 Å². The van der Waals surface area contributed by atoms with Crippen molar-refractivity contribution < 1.29 is 48.7 Å². The first-order valence-corrected chi connectivity index (χ1v) is 12.8. The molecule has 1 aliphatic carbocycles. The van der Waals surface area contributed by atoms with E-state index in [1.807, 2.05) is 19.1 Å². The van der Waals surface area contributed by atoms with Crippen molar-refractivity contribution in [2.75, 3.05) is 27.9 Å². The number of Topliss-reactive ketones (excluding diaryl/α,β-unsaturated/α-hetero) is 1. The number of hydrogen-bond acceptors (Lipinski definition) is 10. The van der Waals surface area contributed by atoms with E-state index in [-0.39, 0.29) is 18.1 Å². The first kappa shape index (κ1) is 30.4. The molecule has 2 heterocycles. The average Bonchev–Trinajstić information content (AvgIpc) is 2.95. The summed E-state index contributed by atoms with van der Waals surface area (Å²) in [7, 11) is 4.79. The summed E-state index contributed by atoms with van der Waals surface area (Å²) < 4.78 is 22.2. The zero-order valence-corrected chi connectivity index (χ0v) is 22.9. The number of nitrogens with zero attached hydrogens (tertiary/aromatic N) is 2. The van der Waals surface area contributed by atoms with Gasteiger partial charge in [0.2, 0.25) is 5.78 Å². The fourth-order valence-corrected chi connectivity index (χ4v) is 4.79. The molecule has 1 saturated carbocycles. The first-order valence-electron chi connectivity index (χ1n) is 12.8. The molecule has 12 nitrogen and oxygen atoms in total. The number of rotatable bonds is 10. The van der Waals surface area contributed by atoms with Crippen molar-refractivity contribution in [3.05, 3.63) is 41.1 Å². The van der Waals surface area contributed by atoms with Gasteiger partial charge in [0, 0.05) is 29.7 Å². The molecule has 1 aromatic carbocycles.